The smallest absolute Gasteiger partial charge is 0.240 e. The molecule has 3 N–H and O–H groups in total. The molecule has 164 valence electrons. The van der Waals surface area contributed by atoms with Crippen molar-refractivity contribution in [3.8, 4) is 5.75 Å². The van der Waals surface area contributed by atoms with E-state index in [1.807, 2.05) is 31.2 Å². The Bertz CT molecular complexity index is 961. The van der Waals surface area contributed by atoms with Crippen molar-refractivity contribution < 1.29 is 17.9 Å². The Kier molecular flexibility index (Phi) is 9.10. The van der Waals surface area contributed by atoms with Crippen LogP contribution >= 0.6 is 0 Å². The molecule has 2 rings (SSSR count). The van der Waals surface area contributed by atoms with E-state index in [0.29, 0.717) is 25.7 Å². The molecule has 30 heavy (non-hydrogen) atoms. The van der Waals surface area contributed by atoms with Gasteiger partial charge in [0.05, 0.1) is 18.6 Å². The van der Waals surface area contributed by atoms with Gasteiger partial charge >= 0.3 is 0 Å². The second-order valence-electron chi connectivity index (χ2n) is 6.63. The second kappa shape index (κ2) is 11.5. The molecule has 0 saturated heterocycles. The molecule has 0 saturated carbocycles. The number of nitrogens with one attached hydrogen (secondary N) is 3. The molecule has 0 aliphatic rings. The highest BCUT2D eigenvalue weighted by Crippen LogP contribution is 2.19. The lowest BCUT2D eigenvalue weighted by Crippen LogP contribution is -2.36. The van der Waals surface area contributed by atoms with Crippen LogP contribution in [0.4, 0.5) is 0 Å². The largest absolute Gasteiger partial charge is 0.496 e. The number of sulfonamides is 1. The van der Waals surface area contributed by atoms with Gasteiger partial charge in [-0.05, 0) is 36.2 Å². The summed E-state index contributed by atoms with van der Waals surface area (Å²) in [5.41, 5.74) is 2.96. The van der Waals surface area contributed by atoms with E-state index >= 15 is 0 Å². The van der Waals surface area contributed by atoms with Crippen molar-refractivity contribution in [2.24, 2.45) is 4.99 Å². The summed E-state index contributed by atoms with van der Waals surface area (Å²) >= 11 is 0. The fourth-order valence-electron chi connectivity index (χ4n) is 2.77. The number of hydrogen-bond acceptors (Lipinski definition) is 5. The van der Waals surface area contributed by atoms with E-state index in [0.717, 1.165) is 22.4 Å². The van der Waals surface area contributed by atoms with Crippen LogP contribution in [0.5, 0.6) is 5.75 Å². The first-order valence-electron chi connectivity index (χ1n) is 9.55. The van der Waals surface area contributed by atoms with Gasteiger partial charge in [0.15, 0.2) is 5.96 Å². The van der Waals surface area contributed by atoms with Gasteiger partial charge in [-0.1, -0.05) is 24.3 Å². The highest BCUT2D eigenvalue weighted by Gasteiger charge is 2.13. The molecule has 2 aromatic carbocycles. The van der Waals surface area contributed by atoms with E-state index in [1.54, 1.807) is 32.4 Å². The van der Waals surface area contributed by atoms with E-state index in [9.17, 15) is 8.42 Å². The first-order chi connectivity index (χ1) is 14.4. The van der Waals surface area contributed by atoms with Crippen LogP contribution in [-0.4, -0.2) is 48.8 Å². The molecule has 0 aliphatic heterocycles. The predicted molar refractivity (Wildman–Crippen MR) is 118 cm³/mol. The molecule has 0 atom stereocenters. The SMILES string of the molecule is CN=C(NCc1cccc(S(=O)(=O)NCCOC)c1)NCc1ccc(C)cc1OC. The molecule has 0 unspecified atom stereocenters. The van der Waals surface area contributed by atoms with E-state index < -0.39 is 10.0 Å². The molecule has 9 heteroatoms. The zero-order valence-electron chi connectivity index (χ0n) is 17.9. The Balaban J connectivity index is 1.97. The lowest BCUT2D eigenvalue weighted by molar-refractivity contribution is 0.204. The van der Waals surface area contributed by atoms with Gasteiger partial charge in [0.2, 0.25) is 10.0 Å². The van der Waals surface area contributed by atoms with Gasteiger partial charge < -0.3 is 20.1 Å². The lowest BCUT2D eigenvalue weighted by atomic mass is 10.1. The zero-order valence-corrected chi connectivity index (χ0v) is 18.7. The van der Waals surface area contributed by atoms with Crippen LogP contribution in [0.1, 0.15) is 16.7 Å². The average molecular weight is 435 g/mol. The van der Waals surface area contributed by atoms with E-state index in [-0.39, 0.29) is 11.4 Å². The summed E-state index contributed by atoms with van der Waals surface area (Å²) in [5.74, 6) is 1.42. The van der Waals surface area contributed by atoms with Gasteiger partial charge in [-0.3, -0.25) is 4.99 Å². The standard InChI is InChI=1S/C21H30N4O4S/c1-16-8-9-18(20(12-16)29-4)15-24-21(22-2)23-14-17-6-5-7-19(13-17)30(26,27)25-10-11-28-3/h5-9,12-13,25H,10-11,14-15H2,1-4H3,(H2,22,23,24). The van der Waals surface area contributed by atoms with Gasteiger partial charge in [-0.25, -0.2) is 13.1 Å². The van der Waals surface area contributed by atoms with Gasteiger partial charge in [-0.2, -0.15) is 0 Å². The first-order valence-corrected chi connectivity index (χ1v) is 11.0. The molecule has 0 heterocycles. The van der Waals surface area contributed by atoms with Crippen LogP contribution in [0.25, 0.3) is 0 Å². The van der Waals surface area contributed by atoms with E-state index in [4.69, 9.17) is 9.47 Å². The van der Waals surface area contributed by atoms with Crippen molar-refractivity contribution in [3.05, 3.63) is 59.2 Å². The summed E-state index contributed by atoms with van der Waals surface area (Å²) in [6.45, 7) is 3.52. The third-order valence-corrected chi connectivity index (χ3v) is 5.84. The molecule has 0 bridgehead atoms. The molecule has 0 amide bonds. The number of aliphatic imine (C=N–C) groups is 1. The van der Waals surface area contributed by atoms with Crippen LogP contribution in [-0.2, 0) is 27.8 Å². The van der Waals surface area contributed by atoms with Crippen LogP contribution < -0.4 is 20.1 Å². The fourth-order valence-corrected chi connectivity index (χ4v) is 3.85. The van der Waals surface area contributed by atoms with Crippen LogP contribution in [0.3, 0.4) is 0 Å². The molecule has 0 aromatic heterocycles. The number of aryl methyl sites for hydroxylation is 1. The highest BCUT2D eigenvalue weighted by molar-refractivity contribution is 7.89. The van der Waals surface area contributed by atoms with Gasteiger partial charge in [-0.15, -0.1) is 0 Å². The summed E-state index contributed by atoms with van der Waals surface area (Å²) in [6, 6.07) is 12.8. The quantitative estimate of drug-likeness (QED) is 0.299. The number of methoxy groups -OCH3 is 2. The summed E-state index contributed by atoms with van der Waals surface area (Å²) in [6.07, 6.45) is 0. The second-order valence-corrected chi connectivity index (χ2v) is 8.40. The minimum absolute atomic E-state index is 0.213. The normalized spacial score (nSPS) is 11.9. The van der Waals surface area contributed by atoms with Crippen molar-refractivity contribution in [2.75, 3.05) is 34.4 Å². The van der Waals surface area contributed by atoms with Crippen molar-refractivity contribution in [2.45, 2.75) is 24.9 Å². The lowest BCUT2D eigenvalue weighted by Gasteiger charge is -2.14. The van der Waals surface area contributed by atoms with E-state index in [2.05, 4.69) is 20.3 Å². The Morgan fingerprint density at radius 3 is 2.53 bits per heavy atom. The summed E-state index contributed by atoms with van der Waals surface area (Å²) in [5, 5.41) is 6.44. The van der Waals surface area contributed by atoms with Crippen molar-refractivity contribution in [3.63, 3.8) is 0 Å². The Labute approximate surface area is 178 Å². The van der Waals surface area contributed by atoms with Gasteiger partial charge in [0.1, 0.15) is 5.75 Å². The van der Waals surface area contributed by atoms with Gasteiger partial charge in [0.25, 0.3) is 0 Å². The maximum atomic E-state index is 12.4. The van der Waals surface area contributed by atoms with E-state index in [1.165, 1.54) is 7.11 Å². The number of rotatable bonds is 10. The minimum atomic E-state index is -3.57. The van der Waals surface area contributed by atoms with Crippen molar-refractivity contribution in [1.82, 2.24) is 15.4 Å². The summed E-state index contributed by atoms with van der Waals surface area (Å²) in [4.78, 5) is 4.43. The molecule has 8 nitrogen and oxygen atoms in total. The number of hydrogen-bond donors (Lipinski definition) is 3. The Hall–Kier alpha value is -2.62. The van der Waals surface area contributed by atoms with Crippen LogP contribution in [0.15, 0.2) is 52.4 Å². The Morgan fingerprint density at radius 1 is 1.07 bits per heavy atom. The fraction of sp³-hybridized carbons (Fsp3) is 0.381. The molecular weight excluding hydrogens is 404 g/mol. The molecular formula is C21H30N4O4S. The number of nitrogens with zero attached hydrogens (tertiary/aromatic N) is 1. The number of benzene rings is 2. The highest BCUT2D eigenvalue weighted by atomic mass is 32.2. The molecule has 0 spiro atoms. The molecule has 0 fully saturated rings. The number of guanidine groups is 1. The predicted octanol–water partition coefficient (Wildman–Crippen LogP) is 1.79. The first kappa shape index (κ1) is 23.7. The molecule has 0 radical (unpaired) electrons. The maximum Gasteiger partial charge on any atom is 0.240 e. The number of ether oxygens (including phenoxy) is 2. The van der Waals surface area contributed by atoms with Crippen LogP contribution in [0.2, 0.25) is 0 Å². The molecule has 2 aromatic rings. The topological polar surface area (TPSA) is 101 Å². The van der Waals surface area contributed by atoms with Crippen LogP contribution in [0, 0.1) is 6.92 Å². The zero-order chi connectivity index (χ0) is 22.0. The van der Waals surface area contributed by atoms with Crippen molar-refractivity contribution in [1.29, 1.82) is 0 Å². The summed E-state index contributed by atoms with van der Waals surface area (Å²) < 4.78 is 37.6. The Morgan fingerprint density at radius 2 is 1.83 bits per heavy atom. The maximum absolute atomic E-state index is 12.4. The van der Waals surface area contributed by atoms with Gasteiger partial charge in [0, 0.05) is 39.4 Å². The third kappa shape index (κ3) is 7.01. The minimum Gasteiger partial charge on any atom is -0.496 e. The average Bonchev–Trinajstić information content (AvgIpc) is 2.74. The van der Waals surface area contributed by atoms with Crippen molar-refractivity contribution >= 4 is 16.0 Å². The third-order valence-electron chi connectivity index (χ3n) is 4.38. The monoisotopic (exact) mass is 434 g/mol. The summed E-state index contributed by atoms with van der Waals surface area (Å²) in [7, 11) is 1.28. The molecule has 0 aliphatic carbocycles.